The van der Waals surface area contributed by atoms with Crippen LogP contribution in [0.2, 0.25) is 0 Å². The standard InChI is InChI=1S/3C25H16BNO.C24H13BF4I2N2O.2FH/c1-15-7-6-12-21-23(15)26-18-9-3-5-11-20(18)27-19-10-4-2-8-16(19)17-13-14-22(28-21)24(26)25(17)27;1-15-10-12-22-19(14-15)26-18-7-3-5-9-21(18)27-20-8-4-2-6-16(20)17-11-13-23(28-22)24(26)25(17)27;1-15-10-12-19-23(14-15)28-22-13-11-17-16-6-2-4-8-20(16)27-21-9-5-3-7-18(21)26(19)24(22)25(17)27;26-30(27)32-31(28,29)18-9-5-8-17-24(18)34-21-13-12-15-14-6-1-3-10-19(14)33-20-11-4-2-7-16(20)25(17)22(21)23(15)33;;/h3*2-14H,1H3;1-13H;2*1H/p-2. The van der Waals surface area contributed by atoms with Gasteiger partial charge >= 0.3 is 207 Å². The van der Waals surface area contributed by atoms with Gasteiger partial charge in [-0.2, -0.15) is 0 Å². The van der Waals surface area contributed by atoms with Crippen molar-refractivity contribution in [3.05, 3.63) is 336 Å². The number of hydrogen-bond acceptors (Lipinski definition) is 5. The predicted molar refractivity (Wildman–Crippen MR) is 496 cm³/mol. The minimum Gasteiger partial charge on any atom is -1.00 e. The molecule has 8 aliphatic rings. The average Bonchev–Trinajstić information content (AvgIpc) is 1.52. The molecule has 0 N–H and O–H groups in total. The number of hydrogen-bond donors (Lipinski definition) is 0. The Bertz CT molecular complexity index is 7980. The maximum atomic E-state index is 15.0. The molecule has 16 aromatic carbocycles. The van der Waals surface area contributed by atoms with Gasteiger partial charge in [0, 0.05) is 49.4 Å². The molecular formula is C99H61B4F6I2N5O4-2. The Balaban J connectivity index is 0.0000000931. The normalized spacial score (nSPS) is 13.5. The third-order valence-electron chi connectivity index (χ3n) is 25.5. The van der Waals surface area contributed by atoms with E-state index in [0.717, 1.165) is 72.9 Å². The summed E-state index contributed by atoms with van der Waals surface area (Å²) >= 11 is -11.2. The molecule has 0 saturated carbocycles. The molecule has 12 heterocycles. The largest absolute Gasteiger partial charge is 1.00 e. The summed E-state index contributed by atoms with van der Waals surface area (Å²) in [7, 11) is 0. The van der Waals surface area contributed by atoms with Gasteiger partial charge in [-0.15, -0.1) is 0 Å². The monoisotopic (exact) mass is 1800 g/mol. The Labute approximate surface area is 699 Å². The Hall–Kier alpha value is -13.0. The van der Waals surface area contributed by atoms with Gasteiger partial charge in [0.2, 0.25) is 0 Å². The Morgan fingerprint density at radius 1 is 0.283 bits per heavy atom. The number of aromatic nitrogens is 4. The average molecular weight is 1800 g/mol. The van der Waals surface area contributed by atoms with E-state index in [-0.39, 0.29) is 42.0 Å². The predicted octanol–water partition coefficient (Wildman–Crippen LogP) is 13.2. The summed E-state index contributed by atoms with van der Waals surface area (Å²) in [5.74, 6) is 6.34. The first-order chi connectivity index (χ1) is 57.9. The minimum absolute atomic E-state index is 0. The van der Waals surface area contributed by atoms with Crippen LogP contribution >= 0.6 is 40.6 Å². The van der Waals surface area contributed by atoms with E-state index in [4.69, 9.17) is 18.9 Å². The van der Waals surface area contributed by atoms with Crippen LogP contribution in [0.1, 0.15) is 16.7 Å². The summed E-state index contributed by atoms with van der Waals surface area (Å²) < 4.78 is 93.2. The van der Waals surface area contributed by atoms with E-state index in [1.54, 1.807) is 12.1 Å². The Kier molecular flexibility index (Phi) is 16.1. The van der Waals surface area contributed by atoms with Gasteiger partial charge in [0.1, 0.15) is 34.5 Å². The molecule has 4 aromatic heterocycles. The molecule has 0 spiro atoms. The first-order valence-corrected chi connectivity index (χ1v) is 45.9. The molecule has 0 amide bonds. The van der Waals surface area contributed by atoms with Crippen molar-refractivity contribution in [1.82, 2.24) is 18.3 Å². The summed E-state index contributed by atoms with van der Waals surface area (Å²) in [5.41, 5.74) is 32.4. The number of benzene rings is 16. The first kappa shape index (κ1) is 72.3. The van der Waals surface area contributed by atoms with Crippen molar-refractivity contribution in [2.45, 2.75) is 20.8 Å². The summed E-state index contributed by atoms with van der Waals surface area (Å²) in [6.07, 6.45) is 0. The van der Waals surface area contributed by atoms with Crippen molar-refractivity contribution >= 4 is 220 Å². The van der Waals surface area contributed by atoms with E-state index in [1.807, 2.05) is 42.5 Å². The second-order valence-electron chi connectivity index (χ2n) is 31.7. The van der Waals surface area contributed by atoms with E-state index in [0.29, 0.717) is 11.2 Å². The molecule has 0 unspecified atom stereocenters. The fraction of sp³-hybridized carbons (Fsp3) is 0.0303. The van der Waals surface area contributed by atoms with Crippen molar-refractivity contribution in [3.63, 3.8) is 0 Å². The SMILES string of the molecule is Cc1ccc2c(c1)B1c3ccccc3-n3c4ccccc4c4ccc(c1c43)O2.Cc1ccc2c(c1)Oc1ccc3c4ccccc4n4c3c1B2c1ccccc1-4.Cc1cccc2c1B1c3ccccc3-n3c4ccccc4c4ccc(c1c43)O2.FI(F)N=I(F)(F)c1cccc2c1Oc1ccc3c4ccccc4n4c3c1B2c1ccccc1-4.[F-].[F-]. The van der Waals surface area contributed by atoms with Gasteiger partial charge in [0.05, 0.1) is 33.1 Å². The van der Waals surface area contributed by atoms with E-state index in [1.165, 1.54) is 160 Å². The molecule has 0 saturated heterocycles. The molecule has 21 heteroatoms. The zero-order chi connectivity index (χ0) is 78.4. The van der Waals surface area contributed by atoms with Crippen LogP contribution < -0.4 is 93.9 Å². The van der Waals surface area contributed by atoms with Gasteiger partial charge in [0.25, 0.3) is 20.1 Å². The number of aryl methyl sites for hydroxylation is 3. The first-order valence-electron chi connectivity index (χ1n) is 39.6. The smallest absolute Gasteiger partial charge is 1.00 e. The van der Waals surface area contributed by atoms with Gasteiger partial charge in [-0.05, 0) is 166 Å². The van der Waals surface area contributed by atoms with Crippen LogP contribution in [0, 0.1) is 24.3 Å². The molecule has 576 valence electrons. The molecule has 0 radical (unpaired) electrons. The second kappa shape index (κ2) is 26.8. The molecule has 0 bridgehead atoms. The van der Waals surface area contributed by atoms with Crippen LogP contribution in [-0.2, 0) is 0 Å². The molecule has 28 rings (SSSR count). The van der Waals surface area contributed by atoms with Gasteiger partial charge in [-0.1, -0.05) is 157 Å². The maximum absolute atomic E-state index is 15.0. The molecule has 0 fully saturated rings. The van der Waals surface area contributed by atoms with Crippen molar-refractivity contribution in [2.24, 2.45) is 1.36 Å². The van der Waals surface area contributed by atoms with Crippen LogP contribution in [-0.4, -0.2) is 45.1 Å². The quantitative estimate of drug-likeness (QED) is 0.0982. The zero-order valence-corrected chi connectivity index (χ0v) is 68.5. The van der Waals surface area contributed by atoms with E-state index >= 15 is 0 Å². The molecule has 9 nitrogen and oxygen atoms in total. The number of halogens is 8. The summed E-state index contributed by atoms with van der Waals surface area (Å²) in [5, 5.41) is 9.94. The molecular weight excluding hydrogens is 1730 g/mol. The fourth-order valence-corrected chi connectivity index (χ4v) is 26.9. The third kappa shape index (κ3) is 10.1. The van der Waals surface area contributed by atoms with Gasteiger partial charge in [-0.3, -0.25) is 0 Å². The topological polar surface area (TPSA) is 69.0 Å². The van der Waals surface area contributed by atoms with Crippen molar-refractivity contribution in [1.29, 1.82) is 0 Å². The summed E-state index contributed by atoms with van der Waals surface area (Å²) in [4.78, 5) is 0. The van der Waals surface area contributed by atoms with Gasteiger partial charge in [0.15, 0.2) is 0 Å². The van der Waals surface area contributed by atoms with E-state index in [9.17, 15) is 11.4 Å². The van der Waals surface area contributed by atoms with Crippen LogP contribution in [0.25, 0.3) is 110 Å². The van der Waals surface area contributed by atoms with E-state index in [2.05, 4.69) is 289 Å². The van der Waals surface area contributed by atoms with Gasteiger partial charge < -0.3 is 37.3 Å². The van der Waals surface area contributed by atoms with Crippen LogP contribution in [0.4, 0.5) is 11.4 Å². The summed E-state index contributed by atoms with van der Waals surface area (Å²) in [6.45, 7) is 6.73. The van der Waals surface area contributed by atoms with Crippen molar-refractivity contribution in [3.8, 4) is 68.7 Å². The number of nitrogens with zero attached hydrogens (tertiary/aromatic N) is 5. The fourth-order valence-electron chi connectivity index (χ4n) is 21.0. The zero-order valence-electron chi connectivity index (χ0n) is 64.2. The van der Waals surface area contributed by atoms with Crippen LogP contribution in [0.3, 0.4) is 0 Å². The maximum Gasteiger partial charge on any atom is -1.00 e. The second-order valence-corrected chi connectivity index (χ2v) is 39.0. The minimum atomic E-state index is -6.23. The number of rotatable bonds is 2. The van der Waals surface area contributed by atoms with Crippen LogP contribution in [0.5, 0.6) is 46.0 Å². The molecule has 120 heavy (non-hydrogen) atoms. The molecule has 0 atom stereocenters. The Morgan fingerprint density at radius 3 is 1.09 bits per heavy atom. The third-order valence-corrected chi connectivity index (χ3v) is 33.4. The van der Waals surface area contributed by atoms with Crippen molar-refractivity contribution in [2.75, 3.05) is 0 Å². The van der Waals surface area contributed by atoms with Crippen molar-refractivity contribution < 1.29 is 39.8 Å². The van der Waals surface area contributed by atoms with E-state index < -0.39 is 44.2 Å². The number of ether oxygens (including phenoxy) is 4. The molecule has 20 aromatic rings. The van der Waals surface area contributed by atoms with Gasteiger partial charge in [-0.25, -0.2) is 0 Å². The molecule has 8 aliphatic heterocycles. The molecule has 0 aliphatic carbocycles. The summed E-state index contributed by atoms with van der Waals surface area (Å²) in [6, 6.07) is 109. The van der Waals surface area contributed by atoms with Crippen LogP contribution in [0.15, 0.2) is 317 Å². The number of para-hydroxylation sites is 9. The number of fused-ring (bicyclic) bond motifs is 32. The Morgan fingerprint density at radius 2 is 0.625 bits per heavy atom.